The van der Waals surface area contributed by atoms with Crippen LogP contribution in [0.15, 0.2) is 41.5 Å². The van der Waals surface area contributed by atoms with Gasteiger partial charge >= 0.3 is 6.09 Å². The third-order valence-corrected chi connectivity index (χ3v) is 7.50. The largest absolute Gasteiger partial charge is 0.486 e. The Labute approximate surface area is 233 Å². The van der Waals surface area contributed by atoms with Gasteiger partial charge < -0.3 is 18.8 Å². The molecule has 0 spiro atoms. The number of ether oxygens (including phenoxy) is 3. The molecule has 0 radical (unpaired) electrons. The molecule has 214 valence electrons. The molecule has 0 bridgehead atoms. The Morgan fingerprint density at radius 1 is 1.07 bits per heavy atom. The van der Waals surface area contributed by atoms with Gasteiger partial charge in [-0.1, -0.05) is 0 Å². The van der Waals surface area contributed by atoms with E-state index in [1.807, 2.05) is 26.8 Å². The lowest BCUT2D eigenvalue weighted by Crippen LogP contribution is -2.44. The Morgan fingerprint density at radius 3 is 2.58 bits per heavy atom. The zero-order valence-corrected chi connectivity index (χ0v) is 23.4. The highest BCUT2D eigenvalue weighted by atomic mass is 19.1. The molecule has 2 aliphatic rings. The molecule has 9 nitrogen and oxygen atoms in total. The first kappa shape index (κ1) is 27.9. The highest BCUT2D eigenvalue weighted by Gasteiger charge is 2.32. The molecular weight excluding hydrogens is 515 g/mol. The fourth-order valence-electron chi connectivity index (χ4n) is 5.57. The Morgan fingerprint density at radius 2 is 1.82 bits per heavy atom. The molecule has 1 aliphatic heterocycles. The first-order chi connectivity index (χ1) is 19.2. The van der Waals surface area contributed by atoms with Crippen LogP contribution < -0.4 is 15.0 Å². The van der Waals surface area contributed by atoms with Crippen LogP contribution in [-0.4, -0.2) is 50.4 Å². The van der Waals surface area contributed by atoms with Crippen molar-refractivity contribution in [1.82, 2.24) is 19.4 Å². The molecule has 3 aromatic heterocycles. The summed E-state index contributed by atoms with van der Waals surface area (Å²) in [6.07, 6.45) is 7.90. The number of carbonyl (C=O) groups is 1. The van der Waals surface area contributed by atoms with Gasteiger partial charge in [-0.25, -0.2) is 9.18 Å². The third-order valence-electron chi connectivity index (χ3n) is 7.50. The number of nitrogens with zero attached hydrogens (tertiary/aromatic N) is 4. The van der Waals surface area contributed by atoms with E-state index in [4.69, 9.17) is 14.2 Å². The summed E-state index contributed by atoms with van der Waals surface area (Å²) in [4.78, 5) is 36.2. The van der Waals surface area contributed by atoms with E-state index in [1.54, 1.807) is 21.7 Å². The summed E-state index contributed by atoms with van der Waals surface area (Å²) in [7, 11) is 0. The zero-order valence-electron chi connectivity index (χ0n) is 23.4. The number of hydrogen-bond donors (Lipinski definition) is 0. The predicted molar refractivity (Wildman–Crippen MR) is 148 cm³/mol. The fourth-order valence-corrected chi connectivity index (χ4v) is 5.57. The van der Waals surface area contributed by atoms with E-state index in [1.165, 1.54) is 18.3 Å². The summed E-state index contributed by atoms with van der Waals surface area (Å²) in [5, 5.41) is 0. The Kier molecular flexibility index (Phi) is 8.23. The second kappa shape index (κ2) is 11.8. The SMILES string of the molecule is CC(C)(C)OC(=O)N(Cc1cc2c(cn1)OCCO2)C1CCC(CCCn2c(=O)ccc3ncc(F)cc32)CC1. The highest BCUT2D eigenvalue weighted by Crippen LogP contribution is 2.34. The number of fused-ring (bicyclic) bond motifs is 2. The minimum atomic E-state index is -0.606. The number of carbonyl (C=O) groups excluding carboxylic acids is 1. The normalized spacial score (nSPS) is 18.9. The van der Waals surface area contributed by atoms with Crippen molar-refractivity contribution in [2.24, 2.45) is 5.92 Å². The van der Waals surface area contributed by atoms with E-state index in [0.717, 1.165) is 44.2 Å². The van der Waals surface area contributed by atoms with Crippen LogP contribution in [0.4, 0.5) is 9.18 Å². The zero-order chi connectivity index (χ0) is 28.3. The number of pyridine rings is 3. The summed E-state index contributed by atoms with van der Waals surface area (Å²) >= 11 is 0. The Hall–Kier alpha value is -3.69. The number of aryl methyl sites for hydroxylation is 1. The van der Waals surface area contributed by atoms with Crippen molar-refractivity contribution in [3.05, 3.63) is 58.5 Å². The lowest BCUT2D eigenvalue weighted by Gasteiger charge is -2.37. The smallest absolute Gasteiger partial charge is 0.410 e. The number of rotatable bonds is 7. The average Bonchev–Trinajstić information content (AvgIpc) is 2.92. The third kappa shape index (κ3) is 6.71. The van der Waals surface area contributed by atoms with Crippen molar-refractivity contribution < 1.29 is 23.4 Å². The quantitative estimate of drug-likeness (QED) is 0.383. The van der Waals surface area contributed by atoms with Crippen molar-refractivity contribution in [3.8, 4) is 11.5 Å². The van der Waals surface area contributed by atoms with E-state index in [0.29, 0.717) is 54.8 Å². The summed E-state index contributed by atoms with van der Waals surface area (Å²) in [6, 6.07) is 6.37. The van der Waals surface area contributed by atoms with Crippen LogP contribution in [0.1, 0.15) is 65.0 Å². The predicted octanol–water partition coefficient (Wildman–Crippen LogP) is 5.48. The van der Waals surface area contributed by atoms with E-state index >= 15 is 0 Å². The van der Waals surface area contributed by atoms with Crippen LogP contribution >= 0.6 is 0 Å². The van der Waals surface area contributed by atoms with Crippen molar-refractivity contribution in [2.45, 2.75) is 84.0 Å². The lowest BCUT2D eigenvalue weighted by atomic mass is 9.83. The monoisotopic (exact) mass is 552 g/mol. The van der Waals surface area contributed by atoms with Crippen molar-refractivity contribution in [1.29, 1.82) is 0 Å². The van der Waals surface area contributed by atoms with Crippen LogP contribution in [0.3, 0.4) is 0 Å². The molecule has 40 heavy (non-hydrogen) atoms. The molecule has 10 heteroatoms. The highest BCUT2D eigenvalue weighted by molar-refractivity contribution is 5.74. The average molecular weight is 553 g/mol. The second-order valence-electron chi connectivity index (χ2n) is 11.6. The summed E-state index contributed by atoms with van der Waals surface area (Å²) in [5.41, 5.74) is 1.10. The van der Waals surface area contributed by atoms with Crippen LogP contribution in [0, 0.1) is 11.7 Å². The van der Waals surface area contributed by atoms with E-state index in [2.05, 4.69) is 9.97 Å². The molecule has 5 rings (SSSR count). The molecule has 1 saturated carbocycles. The van der Waals surface area contributed by atoms with E-state index < -0.39 is 11.4 Å². The maximum atomic E-state index is 13.8. The maximum absolute atomic E-state index is 13.8. The van der Waals surface area contributed by atoms with E-state index in [9.17, 15) is 14.0 Å². The minimum Gasteiger partial charge on any atom is -0.486 e. The van der Waals surface area contributed by atoms with Crippen LogP contribution in [0.2, 0.25) is 0 Å². The fraction of sp³-hybridized carbons (Fsp3) is 0.533. The molecule has 0 aromatic carbocycles. The van der Waals surface area contributed by atoms with Crippen LogP contribution in [0.25, 0.3) is 11.0 Å². The van der Waals surface area contributed by atoms with Gasteiger partial charge in [-0.05, 0) is 71.3 Å². The van der Waals surface area contributed by atoms with Gasteiger partial charge in [0.2, 0.25) is 0 Å². The van der Waals surface area contributed by atoms with Crippen molar-refractivity contribution in [3.63, 3.8) is 0 Å². The maximum Gasteiger partial charge on any atom is 0.410 e. The van der Waals surface area contributed by atoms with Crippen LogP contribution in [-0.2, 0) is 17.8 Å². The molecule has 0 atom stereocenters. The molecule has 1 fully saturated rings. The summed E-state index contributed by atoms with van der Waals surface area (Å²) in [5.74, 6) is 1.30. The molecular formula is C30H37FN4O5. The standard InChI is InChI=1S/C30H37FN4O5/c1-30(2,3)40-29(37)35(19-22-16-26-27(18-32-22)39-14-13-38-26)23-8-6-20(7-9-23)5-4-12-34-25-15-21(31)17-33-24(25)10-11-28(34)36/h10-11,15-18,20,23H,4-9,12-14,19H2,1-3H3. The molecule has 0 unspecified atom stereocenters. The van der Waals surface area contributed by atoms with E-state index in [-0.39, 0.29) is 17.7 Å². The van der Waals surface area contributed by atoms with Gasteiger partial charge in [0.1, 0.15) is 24.6 Å². The molecule has 1 amide bonds. The van der Waals surface area contributed by atoms with Gasteiger partial charge in [0.15, 0.2) is 11.5 Å². The number of amides is 1. The van der Waals surface area contributed by atoms with Gasteiger partial charge in [-0.3, -0.25) is 19.7 Å². The second-order valence-corrected chi connectivity index (χ2v) is 11.6. The van der Waals surface area contributed by atoms with Gasteiger partial charge in [-0.2, -0.15) is 0 Å². The molecule has 4 heterocycles. The number of halogens is 1. The summed E-state index contributed by atoms with van der Waals surface area (Å²) < 4.78 is 32.5. The summed E-state index contributed by atoms with van der Waals surface area (Å²) in [6.45, 7) is 7.43. The minimum absolute atomic E-state index is 0.0378. The van der Waals surface area contributed by atoms with Crippen molar-refractivity contribution >= 4 is 17.1 Å². The van der Waals surface area contributed by atoms with Crippen molar-refractivity contribution in [2.75, 3.05) is 13.2 Å². The molecule has 0 N–H and O–H groups in total. The number of aromatic nitrogens is 3. The molecule has 3 aromatic rings. The topological polar surface area (TPSA) is 95.8 Å². The van der Waals surface area contributed by atoms with Gasteiger partial charge in [0, 0.05) is 30.8 Å². The Balaban J connectivity index is 1.21. The first-order valence-corrected chi connectivity index (χ1v) is 14.1. The Bertz CT molecular complexity index is 1410. The van der Waals surface area contributed by atoms with Gasteiger partial charge in [-0.15, -0.1) is 0 Å². The van der Waals surface area contributed by atoms with Crippen LogP contribution in [0.5, 0.6) is 11.5 Å². The molecule has 0 saturated heterocycles. The van der Waals surface area contributed by atoms with Gasteiger partial charge in [0.05, 0.1) is 35.7 Å². The molecule has 1 aliphatic carbocycles. The first-order valence-electron chi connectivity index (χ1n) is 14.1. The number of hydrogen-bond acceptors (Lipinski definition) is 7. The van der Waals surface area contributed by atoms with Gasteiger partial charge in [0.25, 0.3) is 5.56 Å². The lowest BCUT2D eigenvalue weighted by molar-refractivity contribution is 0.00739.